The molecule has 0 atom stereocenters. The molecule has 0 rings (SSSR count). The second-order valence-corrected chi connectivity index (χ2v) is 7.05. The maximum Gasteiger partial charge on any atom is 0.0238 e. The van der Waals surface area contributed by atoms with Crippen molar-refractivity contribution in [3.8, 4) is 0 Å². The Morgan fingerprint density at radius 2 is 1.58 bits per heavy atom. The van der Waals surface area contributed by atoms with E-state index in [1.807, 2.05) is 0 Å². The van der Waals surface area contributed by atoms with Crippen molar-refractivity contribution in [3.05, 3.63) is 0 Å². The summed E-state index contributed by atoms with van der Waals surface area (Å²) in [5, 5.41) is 0. The standard InChI is InChI=1S/C10H24SSi/c1-8(2)10(9(3)4)12-7-5-6-11/h8-11H,5-7,12H2,1-4H3. The molecule has 0 N–H and O–H groups in total. The van der Waals surface area contributed by atoms with Crippen molar-refractivity contribution >= 4 is 22.1 Å². The molecule has 74 valence electrons. The van der Waals surface area contributed by atoms with Gasteiger partial charge in [0.1, 0.15) is 0 Å². The lowest BCUT2D eigenvalue weighted by molar-refractivity contribution is 0.463. The van der Waals surface area contributed by atoms with Crippen LogP contribution in [0, 0.1) is 11.8 Å². The smallest absolute Gasteiger partial charge is 0.0238 e. The lowest BCUT2D eigenvalue weighted by atomic mass is 10.00. The Balaban J connectivity index is 3.64. The van der Waals surface area contributed by atoms with Crippen LogP contribution in [0.1, 0.15) is 34.1 Å². The van der Waals surface area contributed by atoms with Crippen LogP contribution in [0.15, 0.2) is 0 Å². The largest absolute Gasteiger partial charge is 0.179 e. The van der Waals surface area contributed by atoms with Crippen molar-refractivity contribution in [3.63, 3.8) is 0 Å². The van der Waals surface area contributed by atoms with Crippen molar-refractivity contribution < 1.29 is 0 Å². The molecule has 2 heteroatoms. The molecule has 0 saturated heterocycles. The third-order valence-electron chi connectivity index (χ3n) is 2.66. The molecule has 0 radical (unpaired) electrons. The maximum atomic E-state index is 4.25. The van der Waals surface area contributed by atoms with Gasteiger partial charge in [-0.3, -0.25) is 0 Å². The second kappa shape index (κ2) is 7.02. The first-order valence-corrected chi connectivity index (χ1v) is 7.65. The Morgan fingerprint density at radius 1 is 1.08 bits per heavy atom. The summed E-state index contributed by atoms with van der Waals surface area (Å²) >= 11 is 4.25. The van der Waals surface area contributed by atoms with Gasteiger partial charge in [0.15, 0.2) is 0 Å². The second-order valence-electron chi connectivity index (χ2n) is 4.37. The van der Waals surface area contributed by atoms with Gasteiger partial charge in [-0.25, -0.2) is 0 Å². The Morgan fingerprint density at radius 3 is 1.92 bits per heavy atom. The average molecular weight is 204 g/mol. The zero-order chi connectivity index (χ0) is 9.56. The van der Waals surface area contributed by atoms with Gasteiger partial charge < -0.3 is 0 Å². The summed E-state index contributed by atoms with van der Waals surface area (Å²) in [5.74, 6) is 2.88. The van der Waals surface area contributed by atoms with E-state index in [1.54, 1.807) is 0 Å². The first kappa shape index (κ1) is 12.6. The van der Waals surface area contributed by atoms with Gasteiger partial charge in [0.25, 0.3) is 0 Å². The average Bonchev–Trinajstić information content (AvgIpc) is 1.96. The molecule has 0 unspecified atom stereocenters. The fraction of sp³-hybridized carbons (Fsp3) is 1.00. The molecule has 0 aromatic heterocycles. The monoisotopic (exact) mass is 204 g/mol. The van der Waals surface area contributed by atoms with Crippen LogP contribution in [-0.4, -0.2) is 15.3 Å². The maximum absolute atomic E-state index is 4.25. The van der Waals surface area contributed by atoms with E-state index in [-0.39, 0.29) is 9.52 Å². The molecular weight excluding hydrogens is 180 g/mol. The van der Waals surface area contributed by atoms with Gasteiger partial charge in [0.2, 0.25) is 0 Å². The predicted molar refractivity (Wildman–Crippen MR) is 65.2 cm³/mol. The van der Waals surface area contributed by atoms with E-state index in [0.29, 0.717) is 0 Å². The third kappa shape index (κ3) is 5.25. The molecule has 0 spiro atoms. The Kier molecular flexibility index (Phi) is 7.35. The van der Waals surface area contributed by atoms with Crippen molar-refractivity contribution in [1.82, 2.24) is 0 Å². The number of rotatable bonds is 6. The molecule has 0 aromatic carbocycles. The third-order valence-corrected chi connectivity index (χ3v) is 6.43. The van der Waals surface area contributed by atoms with E-state index >= 15 is 0 Å². The zero-order valence-corrected chi connectivity index (χ0v) is 11.3. The molecule has 0 nitrogen and oxygen atoms in total. The fourth-order valence-electron chi connectivity index (χ4n) is 1.93. The summed E-state index contributed by atoms with van der Waals surface area (Å²) in [6.45, 7) is 9.49. The zero-order valence-electron chi connectivity index (χ0n) is 9.01. The van der Waals surface area contributed by atoms with Crippen LogP contribution in [0.4, 0.5) is 0 Å². The Hall–Kier alpha value is 0.567. The highest BCUT2D eigenvalue weighted by atomic mass is 32.1. The molecule has 0 aliphatic carbocycles. The van der Waals surface area contributed by atoms with Crippen LogP contribution < -0.4 is 0 Å². The summed E-state index contributed by atoms with van der Waals surface area (Å²) in [5.41, 5.74) is 1.05. The summed E-state index contributed by atoms with van der Waals surface area (Å²) < 4.78 is 0. The SMILES string of the molecule is CC(C)C([SiH2]CCCS)C(C)C. The summed E-state index contributed by atoms with van der Waals surface area (Å²) in [4.78, 5) is 0. The van der Waals surface area contributed by atoms with Gasteiger partial charge in [0.05, 0.1) is 0 Å². The topological polar surface area (TPSA) is 0 Å². The van der Waals surface area contributed by atoms with E-state index in [9.17, 15) is 0 Å². The predicted octanol–water partition coefficient (Wildman–Crippen LogP) is 2.99. The molecule has 0 aliphatic heterocycles. The van der Waals surface area contributed by atoms with E-state index < -0.39 is 0 Å². The molecule has 0 heterocycles. The lowest BCUT2D eigenvalue weighted by Gasteiger charge is -2.24. The van der Waals surface area contributed by atoms with Crippen molar-refractivity contribution in [2.45, 2.75) is 45.7 Å². The minimum atomic E-state index is 0.170. The number of hydrogen-bond donors (Lipinski definition) is 1. The van der Waals surface area contributed by atoms with E-state index in [2.05, 4.69) is 40.3 Å². The quantitative estimate of drug-likeness (QED) is 0.384. The van der Waals surface area contributed by atoms with Crippen LogP contribution in [0.2, 0.25) is 11.6 Å². The summed E-state index contributed by atoms with van der Waals surface area (Å²) in [6.07, 6.45) is 1.34. The molecule has 0 aromatic rings. The van der Waals surface area contributed by atoms with Gasteiger partial charge >= 0.3 is 0 Å². The van der Waals surface area contributed by atoms with Gasteiger partial charge in [-0.05, 0) is 29.6 Å². The molecule has 0 aliphatic rings. The fourth-order valence-corrected chi connectivity index (χ4v) is 4.92. The van der Waals surface area contributed by atoms with Crippen molar-refractivity contribution in [2.24, 2.45) is 11.8 Å². The molecule has 0 amide bonds. The molecule has 0 saturated carbocycles. The highest BCUT2D eigenvalue weighted by molar-refractivity contribution is 7.80. The first-order chi connectivity index (χ1) is 5.59. The minimum absolute atomic E-state index is 0.170. The van der Waals surface area contributed by atoms with Gasteiger partial charge in [-0.15, -0.1) is 0 Å². The van der Waals surface area contributed by atoms with E-state index in [4.69, 9.17) is 0 Å². The van der Waals surface area contributed by atoms with Crippen LogP contribution in [0.3, 0.4) is 0 Å². The first-order valence-electron chi connectivity index (χ1n) is 5.20. The van der Waals surface area contributed by atoms with Crippen LogP contribution in [0.5, 0.6) is 0 Å². The van der Waals surface area contributed by atoms with Gasteiger partial charge in [-0.2, -0.15) is 12.6 Å². The molecular formula is C10H24SSi. The summed E-state index contributed by atoms with van der Waals surface area (Å²) in [7, 11) is 0.170. The highest BCUT2D eigenvalue weighted by Gasteiger charge is 2.16. The molecule has 0 fully saturated rings. The van der Waals surface area contributed by atoms with Crippen LogP contribution in [0.25, 0.3) is 0 Å². The molecule has 0 bridgehead atoms. The number of thiol groups is 1. The Bertz CT molecular complexity index is 94.0. The Labute approximate surface area is 85.8 Å². The van der Waals surface area contributed by atoms with Crippen molar-refractivity contribution in [1.29, 1.82) is 0 Å². The van der Waals surface area contributed by atoms with Crippen LogP contribution >= 0.6 is 12.6 Å². The lowest BCUT2D eigenvalue weighted by Crippen LogP contribution is -2.16. The normalized spacial score (nSPS) is 13.0. The van der Waals surface area contributed by atoms with Gasteiger partial charge in [0, 0.05) is 9.52 Å². The van der Waals surface area contributed by atoms with E-state index in [1.165, 1.54) is 12.5 Å². The van der Waals surface area contributed by atoms with Gasteiger partial charge in [-0.1, -0.05) is 33.7 Å². The minimum Gasteiger partial charge on any atom is -0.179 e. The molecule has 12 heavy (non-hydrogen) atoms. The van der Waals surface area contributed by atoms with Crippen molar-refractivity contribution in [2.75, 3.05) is 5.75 Å². The van der Waals surface area contributed by atoms with Crippen LogP contribution in [-0.2, 0) is 0 Å². The highest BCUT2D eigenvalue weighted by Crippen LogP contribution is 2.26. The number of hydrogen-bond acceptors (Lipinski definition) is 1. The summed E-state index contributed by atoms with van der Waals surface area (Å²) in [6, 6.07) is 1.49. The van der Waals surface area contributed by atoms with E-state index in [0.717, 1.165) is 23.1 Å².